The van der Waals surface area contributed by atoms with Gasteiger partial charge in [0, 0.05) is 31.3 Å². The van der Waals surface area contributed by atoms with Crippen LogP contribution in [0.2, 0.25) is 0 Å². The summed E-state index contributed by atoms with van der Waals surface area (Å²) in [5, 5.41) is 0. The van der Waals surface area contributed by atoms with Gasteiger partial charge in [0.15, 0.2) is 11.4 Å². The maximum Gasteiger partial charge on any atom is 0.333 e. The van der Waals surface area contributed by atoms with E-state index in [9.17, 15) is 9.59 Å². The van der Waals surface area contributed by atoms with Crippen molar-refractivity contribution in [2.24, 2.45) is 0 Å². The fourth-order valence-corrected chi connectivity index (χ4v) is 2.22. The predicted octanol–water partition coefficient (Wildman–Crippen LogP) is 1.26. The minimum absolute atomic E-state index is 0.0920. The molecule has 0 radical (unpaired) electrons. The number of likely N-dealkylation sites (tertiary alicyclic amines) is 1. The van der Waals surface area contributed by atoms with Gasteiger partial charge in [-0.2, -0.15) is 0 Å². The Balaban J connectivity index is 2.20. The van der Waals surface area contributed by atoms with E-state index in [4.69, 9.17) is 4.74 Å². The number of hydrogen-bond donors (Lipinski definition) is 0. The van der Waals surface area contributed by atoms with E-state index in [1.54, 1.807) is 6.92 Å². The molecule has 0 bridgehead atoms. The average molecular weight is 223 g/mol. The van der Waals surface area contributed by atoms with Gasteiger partial charge >= 0.3 is 5.97 Å². The molecule has 1 fully saturated rings. The Morgan fingerprint density at radius 2 is 2.06 bits per heavy atom. The van der Waals surface area contributed by atoms with Crippen molar-refractivity contribution in [2.45, 2.75) is 38.7 Å². The molecule has 2 rings (SSSR count). The lowest BCUT2D eigenvalue weighted by molar-refractivity contribution is -0.162. The maximum absolute atomic E-state index is 11.5. The Labute approximate surface area is 95.2 Å². The molecule has 2 aliphatic rings. The summed E-state index contributed by atoms with van der Waals surface area (Å²) in [5.41, 5.74) is -0.0181. The Hall–Kier alpha value is -1.32. The van der Waals surface area contributed by atoms with E-state index in [0.717, 1.165) is 31.6 Å². The summed E-state index contributed by atoms with van der Waals surface area (Å²) in [6, 6.07) is 0. The number of ether oxygens (including phenoxy) is 1. The predicted molar refractivity (Wildman–Crippen MR) is 58.7 cm³/mol. The van der Waals surface area contributed by atoms with Crippen molar-refractivity contribution in [3.05, 3.63) is 11.8 Å². The minimum Gasteiger partial charge on any atom is -0.448 e. The zero-order valence-corrected chi connectivity index (χ0v) is 9.78. The molecule has 4 heteroatoms. The fraction of sp³-hybridized carbons (Fsp3) is 0.667. The first kappa shape index (κ1) is 11.2. The van der Waals surface area contributed by atoms with Gasteiger partial charge in [0.2, 0.25) is 0 Å². The highest BCUT2D eigenvalue weighted by Gasteiger charge is 2.39. The van der Waals surface area contributed by atoms with E-state index >= 15 is 0 Å². The largest absolute Gasteiger partial charge is 0.448 e. The Morgan fingerprint density at radius 1 is 1.44 bits per heavy atom. The van der Waals surface area contributed by atoms with Gasteiger partial charge in [0.05, 0.1) is 0 Å². The highest BCUT2D eigenvalue weighted by atomic mass is 16.6. The summed E-state index contributed by atoms with van der Waals surface area (Å²) in [7, 11) is 0. The summed E-state index contributed by atoms with van der Waals surface area (Å²) >= 11 is 0. The van der Waals surface area contributed by atoms with E-state index in [0.29, 0.717) is 6.42 Å². The number of hydrogen-bond acceptors (Lipinski definition) is 4. The molecule has 0 aliphatic carbocycles. The molecule has 0 aromatic carbocycles. The smallest absolute Gasteiger partial charge is 0.333 e. The molecule has 0 spiro atoms. The van der Waals surface area contributed by atoms with Gasteiger partial charge in [-0.15, -0.1) is 0 Å². The first-order chi connectivity index (χ1) is 7.51. The molecule has 88 valence electrons. The van der Waals surface area contributed by atoms with Crippen LogP contribution in [0.15, 0.2) is 11.8 Å². The molecule has 0 saturated carbocycles. The minimum atomic E-state index is -0.968. The number of nitrogens with zero attached hydrogens (tertiary/aromatic N) is 1. The third-order valence-electron chi connectivity index (χ3n) is 3.39. The average Bonchev–Trinajstić information content (AvgIpc) is 2.68. The third-order valence-corrected chi connectivity index (χ3v) is 3.39. The second-order valence-corrected chi connectivity index (χ2v) is 4.71. The highest BCUT2D eigenvalue weighted by Crippen LogP contribution is 2.30. The molecule has 0 aromatic rings. The summed E-state index contributed by atoms with van der Waals surface area (Å²) < 4.78 is 5.13. The normalized spacial score (nSPS) is 30.0. The molecule has 1 saturated heterocycles. The molecular weight excluding hydrogens is 206 g/mol. The van der Waals surface area contributed by atoms with Crippen LogP contribution in [-0.2, 0) is 14.3 Å². The number of ketones is 1. The Bertz CT molecular complexity index is 355. The molecule has 0 aromatic heterocycles. The first-order valence-corrected chi connectivity index (χ1v) is 5.71. The molecule has 1 atom stereocenters. The van der Waals surface area contributed by atoms with E-state index in [-0.39, 0.29) is 5.78 Å². The van der Waals surface area contributed by atoms with Gasteiger partial charge in [-0.1, -0.05) is 0 Å². The quantitative estimate of drug-likeness (QED) is 0.661. The SMILES string of the molecule is CC(=O)C1(C)CC(N2CCCC2)=CC(=O)O1. The summed E-state index contributed by atoms with van der Waals surface area (Å²) in [6.07, 6.45) is 4.34. The van der Waals surface area contributed by atoms with Crippen LogP contribution in [0, 0.1) is 0 Å². The lowest BCUT2D eigenvalue weighted by atomic mass is 9.93. The Kier molecular flexibility index (Phi) is 2.74. The number of carbonyl (C=O) groups excluding carboxylic acids is 2. The van der Waals surface area contributed by atoms with Gasteiger partial charge in [-0.05, 0) is 26.7 Å². The molecule has 2 aliphatic heterocycles. The molecule has 0 N–H and O–H groups in total. The standard InChI is InChI=1S/C12H17NO3/c1-9(14)12(2)8-10(7-11(15)16-12)13-5-3-4-6-13/h7H,3-6,8H2,1-2H3. The van der Waals surface area contributed by atoms with Crippen LogP contribution in [0.25, 0.3) is 0 Å². The number of cyclic esters (lactones) is 1. The van der Waals surface area contributed by atoms with Crippen molar-refractivity contribution in [3.63, 3.8) is 0 Å². The van der Waals surface area contributed by atoms with Crippen molar-refractivity contribution >= 4 is 11.8 Å². The maximum atomic E-state index is 11.5. The molecule has 2 heterocycles. The van der Waals surface area contributed by atoms with E-state index in [1.165, 1.54) is 13.0 Å². The van der Waals surface area contributed by atoms with Crippen LogP contribution >= 0.6 is 0 Å². The lowest BCUT2D eigenvalue weighted by Crippen LogP contribution is -2.44. The van der Waals surface area contributed by atoms with E-state index < -0.39 is 11.6 Å². The second kappa shape index (κ2) is 3.92. The van der Waals surface area contributed by atoms with Gasteiger partial charge in [0.1, 0.15) is 0 Å². The van der Waals surface area contributed by atoms with Gasteiger partial charge in [-0.3, -0.25) is 4.79 Å². The number of carbonyl (C=O) groups is 2. The zero-order valence-electron chi connectivity index (χ0n) is 9.78. The molecule has 1 unspecified atom stereocenters. The van der Waals surface area contributed by atoms with Crippen LogP contribution in [-0.4, -0.2) is 35.3 Å². The fourth-order valence-electron chi connectivity index (χ4n) is 2.22. The van der Waals surface area contributed by atoms with Gasteiger partial charge in [0.25, 0.3) is 0 Å². The van der Waals surface area contributed by atoms with E-state index in [1.807, 2.05) is 0 Å². The number of Topliss-reactive ketones (excluding diaryl/α,β-unsaturated/α-hetero) is 1. The van der Waals surface area contributed by atoms with Crippen LogP contribution in [0.1, 0.15) is 33.1 Å². The summed E-state index contributed by atoms with van der Waals surface area (Å²) in [6.45, 7) is 5.12. The monoisotopic (exact) mass is 223 g/mol. The van der Waals surface area contributed by atoms with Crippen molar-refractivity contribution in [2.75, 3.05) is 13.1 Å². The molecule has 4 nitrogen and oxygen atoms in total. The molecular formula is C12H17NO3. The van der Waals surface area contributed by atoms with Crippen molar-refractivity contribution in [1.82, 2.24) is 4.90 Å². The van der Waals surface area contributed by atoms with Crippen LogP contribution in [0.5, 0.6) is 0 Å². The van der Waals surface area contributed by atoms with Crippen LogP contribution in [0.3, 0.4) is 0 Å². The highest BCUT2D eigenvalue weighted by molar-refractivity contribution is 5.92. The van der Waals surface area contributed by atoms with E-state index in [2.05, 4.69) is 4.90 Å². The summed E-state index contributed by atoms with van der Waals surface area (Å²) in [4.78, 5) is 25.2. The van der Waals surface area contributed by atoms with Gasteiger partial charge in [-0.25, -0.2) is 4.79 Å². The number of esters is 1. The topological polar surface area (TPSA) is 46.6 Å². The molecule has 16 heavy (non-hydrogen) atoms. The van der Waals surface area contributed by atoms with Crippen LogP contribution in [0.4, 0.5) is 0 Å². The van der Waals surface area contributed by atoms with Crippen molar-refractivity contribution in [1.29, 1.82) is 0 Å². The second-order valence-electron chi connectivity index (χ2n) is 4.71. The van der Waals surface area contributed by atoms with Crippen molar-refractivity contribution in [3.8, 4) is 0 Å². The number of rotatable bonds is 2. The lowest BCUT2D eigenvalue weighted by Gasteiger charge is -2.34. The van der Waals surface area contributed by atoms with Crippen molar-refractivity contribution < 1.29 is 14.3 Å². The first-order valence-electron chi connectivity index (χ1n) is 5.71. The van der Waals surface area contributed by atoms with Crippen LogP contribution < -0.4 is 0 Å². The molecule has 0 amide bonds. The van der Waals surface area contributed by atoms with Gasteiger partial charge < -0.3 is 9.64 Å². The Morgan fingerprint density at radius 3 is 2.62 bits per heavy atom. The zero-order chi connectivity index (χ0) is 11.8. The summed E-state index contributed by atoms with van der Waals surface area (Å²) in [5.74, 6) is -0.489. The third kappa shape index (κ3) is 1.96.